The van der Waals surface area contributed by atoms with Crippen LogP contribution in [0.2, 0.25) is 0 Å². The van der Waals surface area contributed by atoms with E-state index in [4.69, 9.17) is 0 Å². The first-order valence-electron chi connectivity index (χ1n) is 6.43. The highest BCUT2D eigenvalue weighted by Gasteiger charge is 2.06. The van der Waals surface area contributed by atoms with Gasteiger partial charge in [0.15, 0.2) is 0 Å². The van der Waals surface area contributed by atoms with Crippen molar-refractivity contribution in [2.75, 3.05) is 0 Å². The normalized spacial score (nSPS) is 11.1. The van der Waals surface area contributed by atoms with Gasteiger partial charge in [-0.25, -0.2) is 4.39 Å². The van der Waals surface area contributed by atoms with E-state index in [1.165, 1.54) is 6.07 Å². The molecule has 0 aromatic heterocycles. The Morgan fingerprint density at radius 2 is 1.37 bits per heavy atom. The largest absolute Gasteiger partial charge is 0.206 e. The van der Waals surface area contributed by atoms with E-state index in [1.807, 2.05) is 47.6 Å². The van der Waals surface area contributed by atoms with Crippen molar-refractivity contribution < 1.29 is 4.39 Å². The first-order chi connectivity index (χ1) is 8.57. The Bertz CT molecular complexity index is 573. The van der Waals surface area contributed by atoms with Crippen LogP contribution in [-0.4, -0.2) is 0 Å². The highest BCUT2D eigenvalue weighted by molar-refractivity contribution is 5.43. The Labute approximate surface area is 116 Å². The zero-order valence-electron chi connectivity index (χ0n) is 12.6. The summed E-state index contributed by atoms with van der Waals surface area (Å²) in [5.41, 5.74) is 0.906. The van der Waals surface area contributed by atoms with Crippen molar-refractivity contribution in [3.05, 3.63) is 35.1 Å². The second kappa shape index (κ2) is 5.50. The number of benzene rings is 1. The molecule has 0 amide bonds. The summed E-state index contributed by atoms with van der Waals surface area (Å²) in [4.78, 5) is 0. The van der Waals surface area contributed by atoms with Gasteiger partial charge in [-0.2, -0.15) is 0 Å². The van der Waals surface area contributed by atoms with E-state index >= 15 is 0 Å². The molecule has 0 nitrogen and oxygen atoms in total. The Hall–Kier alpha value is -1.73. The fraction of sp³-hybridized carbons (Fsp3) is 0.444. The lowest BCUT2D eigenvalue weighted by Crippen LogP contribution is -2.00. The van der Waals surface area contributed by atoms with Crippen molar-refractivity contribution in [2.24, 2.45) is 10.8 Å². The number of hydrogen-bond acceptors (Lipinski definition) is 0. The van der Waals surface area contributed by atoms with Gasteiger partial charge in [-0.05, 0) is 59.7 Å². The fourth-order valence-corrected chi connectivity index (χ4v) is 1.21. The Kier molecular flexibility index (Phi) is 4.43. The van der Waals surface area contributed by atoms with Crippen molar-refractivity contribution in [3.63, 3.8) is 0 Å². The molecular weight excluding hydrogens is 235 g/mol. The van der Waals surface area contributed by atoms with Gasteiger partial charge in [-0.15, -0.1) is 0 Å². The van der Waals surface area contributed by atoms with Gasteiger partial charge >= 0.3 is 0 Å². The molecule has 0 saturated heterocycles. The fourth-order valence-electron chi connectivity index (χ4n) is 1.21. The van der Waals surface area contributed by atoms with E-state index in [0.29, 0.717) is 11.1 Å². The summed E-state index contributed by atoms with van der Waals surface area (Å²) < 4.78 is 13.9. The van der Waals surface area contributed by atoms with Gasteiger partial charge in [0.1, 0.15) is 5.82 Å². The molecule has 0 aliphatic carbocycles. The van der Waals surface area contributed by atoms with Crippen molar-refractivity contribution in [2.45, 2.75) is 41.5 Å². The molecule has 0 spiro atoms. The van der Waals surface area contributed by atoms with Crippen LogP contribution in [0.3, 0.4) is 0 Å². The van der Waals surface area contributed by atoms with Gasteiger partial charge in [0.25, 0.3) is 0 Å². The molecule has 0 bridgehead atoms. The molecule has 100 valence electrons. The number of hydrogen-bond donors (Lipinski definition) is 0. The second-order valence-electron chi connectivity index (χ2n) is 6.69. The lowest BCUT2D eigenvalue weighted by molar-refractivity contribution is 0.570. The van der Waals surface area contributed by atoms with Crippen LogP contribution in [0.4, 0.5) is 4.39 Å². The highest BCUT2D eigenvalue weighted by atomic mass is 19.1. The summed E-state index contributed by atoms with van der Waals surface area (Å²) in [5.74, 6) is 11.7. The van der Waals surface area contributed by atoms with Crippen LogP contribution in [0.1, 0.15) is 52.7 Å². The average Bonchev–Trinajstić information content (AvgIpc) is 2.22. The summed E-state index contributed by atoms with van der Waals surface area (Å²) in [7, 11) is 0. The van der Waals surface area contributed by atoms with Crippen LogP contribution in [0.15, 0.2) is 18.2 Å². The van der Waals surface area contributed by atoms with Gasteiger partial charge in [0.2, 0.25) is 0 Å². The molecule has 1 heteroatoms. The Balaban J connectivity index is 3.04. The predicted molar refractivity (Wildman–Crippen MR) is 79.1 cm³/mol. The molecule has 19 heavy (non-hydrogen) atoms. The van der Waals surface area contributed by atoms with Gasteiger partial charge in [-0.1, -0.05) is 23.7 Å². The van der Waals surface area contributed by atoms with E-state index in [1.54, 1.807) is 6.07 Å². The molecule has 0 unspecified atom stereocenters. The van der Waals surface area contributed by atoms with Crippen LogP contribution in [0, 0.1) is 40.3 Å². The first kappa shape index (κ1) is 15.3. The van der Waals surface area contributed by atoms with Crippen molar-refractivity contribution in [1.29, 1.82) is 0 Å². The van der Waals surface area contributed by atoms with E-state index in [9.17, 15) is 4.39 Å². The van der Waals surface area contributed by atoms with Gasteiger partial charge in [-0.3, -0.25) is 0 Å². The van der Waals surface area contributed by atoms with Gasteiger partial charge in [0.05, 0.1) is 5.56 Å². The Morgan fingerprint density at radius 3 is 1.84 bits per heavy atom. The third kappa shape index (κ3) is 6.12. The monoisotopic (exact) mass is 256 g/mol. The average molecular weight is 256 g/mol. The molecule has 0 aliphatic heterocycles. The zero-order valence-corrected chi connectivity index (χ0v) is 12.6. The number of rotatable bonds is 0. The Morgan fingerprint density at radius 1 is 0.842 bits per heavy atom. The maximum atomic E-state index is 13.9. The molecule has 0 fully saturated rings. The maximum absolute atomic E-state index is 13.9. The summed E-state index contributed by atoms with van der Waals surface area (Å²) in [6.45, 7) is 12.1. The van der Waals surface area contributed by atoms with Crippen molar-refractivity contribution in [1.82, 2.24) is 0 Å². The lowest BCUT2D eigenvalue weighted by Gasteiger charge is -2.07. The minimum absolute atomic E-state index is 0.0822. The molecule has 1 aromatic rings. The van der Waals surface area contributed by atoms with Crippen molar-refractivity contribution in [3.8, 4) is 23.7 Å². The molecule has 0 N–H and O–H groups in total. The molecule has 0 aliphatic rings. The molecule has 0 heterocycles. The minimum atomic E-state index is -0.308. The van der Waals surface area contributed by atoms with Crippen LogP contribution in [0.5, 0.6) is 0 Å². The van der Waals surface area contributed by atoms with Crippen LogP contribution in [0.25, 0.3) is 0 Å². The van der Waals surface area contributed by atoms with Crippen molar-refractivity contribution >= 4 is 0 Å². The molecule has 1 aromatic carbocycles. The second-order valence-corrected chi connectivity index (χ2v) is 6.69. The smallest absolute Gasteiger partial charge is 0.140 e. The quantitative estimate of drug-likeness (QED) is 0.594. The summed E-state index contributed by atoms with van der Waals surface area (Å²) in [6, 6.07) is 4.96. The first-order valence-corrected chi connectivity index (χ1v) is 6.43. The minimum Gasteiger partial charge on any atom is -0.206 e. The van der Waals surface area contributed by atoms with E-state index < -0.39 is 0 Å². The molecular formula is C18H21F. The third-order valence-corrected chi connectivity index (χ3v) is 2.12. The third-order valence-electron chi connectivity index (χ3n) is 2.12. The topological polar surface area (TPSA) is 0 Å². The van der Waals surface area contributed by atoms with E-state index in [-0.39, 0.29) is 16.6 Å². The number of halogens is 1. The van der Waals surface area contributed by atoms with Gasteiger partial charge in [0, 0.05) is 16.4 Å². The molecule has 0 saturated carbocycles. The SMILES string of the molecule is CC(C)(C)C#Cc1ccc(C#CC(C)(C)C)c(F)c1. The van der Waals surface area contributed by atoms with Crippen LogP contribution in [-0.2, 0) is 0 Å². The maximum Gasteiger partial charge on any atom is 0.140 e. The standard InChI is InChI=1S/C18H21F/c1-17(2,3)11-9-14-7-8-15(16(19)13-14)10-12-18(4,5)6/h7-8,13H,1-6H3. The van der Waals surface area contributed by atoms with E-state index in [0.717, 1.165) is 0 Å². The molecule has 0 atom stereocenters. The zero-order chi connectivity index (χ0) is 14.7. The van der Waals surface area contributed by atoms with Crippen LogP contribution < -0.4 is 0 Å². The lowest BCUT2D eigenvalue weighted by atomic mass is 9.96. The summed E-state index contributed by atoms with van der Waals surface area (Å²) in [6.07, 6.45) is 0. The van der Waals surface area contributed by atoms with Gasteiger partial charge < -0.3 is 0 Å². The van der Waals surface area contributed by atoms with Crippen LogP contribution >= 0.6 is 0 Å². The molecule has 0 radical (unpaired) electrons. The predicted octanol–water partition coefficient (Wildman–Crippen LogP) is 4.62. The molecule has 1 rings (SSSR count). The summed E-state index contributed by atoms with van der Waals surface area (Å²) in [5, 5.41) is 0. The highest BCUT2D eigenvalue weighted by Crippen LogP contribution is 2.14. The van der Waals surface area contributed by atoms with E-state index in [2.05, 4.69) is 23.7 Å². The summed E-state index contributed by atoms with van der Waals surface area (Å²) >= 11 is 0.